The quantitative estimate of drug-likeness (QED) is 0.479. The molecule has 0 amide bonds. The van der Waals surface area contributed by atoms with Gasteiger partial charge in [-0.3, -0.25) is 9.21 Å². The number of hydrogen-bond acceptors (Lipinski definition) is 4. The van der Waals surface area contributed by atoms with Crippen molar-refractivity contribution >= 4 is 15.7 Å². The van der Waals surface area contributed by atoms with Crippen LogP contribution in [0.2, 0.25) is 0 Å². The second-order valence-electron chi connectivity index (χ2n) is 10.2. The van der Waals surface area contributed by atoms with Crippen LogP contribution in [0.5, 0.6) is 5.75 Å². The fourth-order valence-corrected chi connectivity index (χ4v) is 8.17. The molecular weight excluding hydrogens is 475 g/mol. The second kappa shape index (κ2) is 9.52. The van der Waals surface area contributed by atoms with Gasteiger partial charge in [-0.2, -0.15) is 0 Å². The average Bonchev–Trinajstić information content (AvgIpc) is 3.11. The van der Waals surface area contributed by atoms with Gasteiger partial charge in [0, 0.05) is 24.7 Å². The molecule has 2 aliphatic heterocycles. The molecule has 3 aromatic carbocycles. The van der Waals surface area contributed by atoms with Gasteiger partial charge >= 0.3 is 0 Å². The van der Waals surface area contributed by atoms with Crippen molar-refractivity contribution in [1.82, 2.24) is 4.90 Å². The van der Waals surface area contributed by atoms with Gasteiger partial charge in [0.15, 0.2) is 0 Å². The third kappa shape index (κ3) is 4.50. The summed E-state index contributed by atoms with van der Waals surface area (Å²) in [5.41, 5.74) is 4.08. The van der Waals surface area contributed by atoms with Crippen LogP contribution in [-0.4, -0.2) is 42.3 Å². The minimum atomic E-state index is -3.49. The zero-order valence-electron chi connectivity index (χ0n) is 20.8. The Labute approximate surface area is 213 Å². The number of aryl methyl sites for hydroxylation is 1. The summed E-state index contributed by atoms with van der Waals surface area (Å²) in [4.78, 5) is 2.38. The van der Waals surface area contributed by atoms with Crippen molar-refractivity contribution in [3.8, 4) is 16.9 Å². The number of aromatic hydroxyl groups is 1. The maximum Gasteiger partial charge on any atom is 0.235 e. The molecular formula is C29H33FN2O3S. The molecule has 2 aliphatic rings. The van der Waals surface area contributed by atoms with E-state index in [1.807, 2.05) is 24.3 Å². The Morgan fingerprint density at radius 3 is 2.58 bits per heavy atom. The molecule has 0 bridgehead atoms. The van der Waals surface area contributed by atoms with Crippen LogP contribution in [0.25, 0.3) is 11.1 Å². The van der Waals surface area contributed by atoms with Gasteiger partial charge in [0.05, 0.1) is 17.0 Å². The number of benzene rings is 3. The molecule has 5 nitrogen and oxygen atoms in total. The Bertz CT molecular complexity index is 1380. The summed E-state index contributed by atoms with van der Waals surface area (Å²) in [6.07, 6.45) is 2.82. The Kier molecular flexibility index (Phi) is 6.55. The van der Waals surface area contributed by atoms with Crippen molar-refractivity contribution in [3.05, 3.63) is 83.7 Å². The normalized spacial score (nSPS) is 23.9. The summed E-state index contributed by atoms with van der Waals surface area (Å²) in [6.45, 7) is 5.71. The van der Waals surface area contributed by atoms with Crippen LogP contribution < -0.4 is 4.31 Å². The highest BCUT2D eigenvalue weighted by Crippen LogP contribution is 2.45. The summed E-state index contributed by atoms with van der Waals surface area (Å²) in [5, 5.41) is 10.6. The third-order valence-electron chi connectivity index (χ3n) is 7.88. The van der Waals surface area contributed by atoms with Gasteiger partial charge in [-0.15, -0.1) is 0 Å². The van der Waals surface area contributed by atoms with Gasteiger partial charge in [0.2, 0.25) is 10.0 Å². The summed E-state index contributed by atoms with van der Waals surface area (Å²) >= 11 is 0. The maximum absolute atomic E-state index is 14.0. The predicted octanol–water partition coefficient (Wildman–Crippen LogP) is 5.72. The van der Waals surface area contributed by atoms with Crippen molar-refractivity contribution < 1.29 is 17.9 Å². The number of rotatable bonds is 5. The lowest BCUT2D eigenvalue weighted by Gasteiger charge is -2.47. The number of likely N-dealkylation sites (tertiary alicyclic amines) is 1. The molecule has 0 saturated carbocycles. The molecule has 2 heterocycles. The molecule has 0 aromatic heterocycles. The molecule has 2 atom stereocenters. The Balaban J connectivity index is 1.38. The minimum absolute atomic E-state index is 0.0917. The number of anilines is 1. The van der Waals surface area contributed by atoms with E-state index in [1.54, 1.807) is 18.2 Å². The fourth-order valence-electron chi connectivity index (χ4n) is 6.07. The highest BCUT2D eigenvalue weighted by Gasteiger charge is 2.52. The molecule has 36 heavy (non-hydrogen) atoms. The van der Waals surface area contributed by atoms with E-state index in [1.165, 1.54) is 22.0 Å². The Hall–Kier alpha value is -2.90. The van der Waals surface area contributed by atoms with Crippen LogP contribution in [-0.2, 0) is 23.0 Å². The molecule has 0 radical (unpaired) electrons. The second-order valence-corrected chi connectivity index (χ2v) is 12.1. The van der Waals surface area contributed by atoms with Crippen LogP contribution in [0.3, 0.4) is 0 Å². The Morgan fingerprint density at radius 2 is 1.83 bits per heavy atom. The lowest BCUT2D eigenvalue weighted by atomic mass is 9.81. The number of sulfonamides is 1. The van der Waals surface area contributed by atoms with E-state index in [0.717, 1.165) is 29.7 Å². The number of halogens is 1. The molecule has 190 valence electrons. The first kappa shape index (κ1) is 24.8. The monoisotopic (exact) mass is 508 g/mol. The van der Waals surface area contributed by atoms with E-state index in [2.05, 4.69) is 30.9 Å². The van der Waals surface area contributed by atoms with Crippen molar-refractivity contribution in [2.24, 2.45) is 0 Å². The first-order valence-corrected chi connectivity index (χ1v) is 14.3. The van der Waals surface area contributed by atoms with Gasteiger partial charge < -0.3 is 5.11 Å². The molecule has 2 saturated heterocycles. The number of phenols is 1. The van der Waals surface area contributed by atoms with Crippen molar-refractivity contribution in [2.45, 2.75) is 57.7 Å². The van der Waals surface area contributed by atoms with Gasteiger partial charge in [-0.05, 0) is 79.6 Å². The number of piperidine rings is 1. The standard InChI is InChI=1S/C29H33FN2O3S/c1-3-23-7-4-5-10-26(23)27-17-22(11-12-28(27)33)20-31-15-13-29(19-21(31)2)14-16-36(34,35)32(29)25-9-6-8-24(30)18-25/h4-12,17-18,21,33H,3,13-16,19-20H2,1-2H3/t21-,29-/m0/s1. The summed E-state index contributed by atoms with van der Waals surface area (Å²) in [5.74, 6) is -0.0656. The van der Waals surface area contributed by atoms with Crippen molar-refractivity contribution in [2.75, 3.05) is 16.6 Å². The summed E-state index contributed by atoms with van der Waals surface area (Å²) < 4.78 is 41.6. The van der Waals surface area contributed by atoms with Gasteiger partial charge in [0.1, 0.15) is 11.6 Å². The lowest BCUT2D eigenvalue weighted by Crippen LogP contribution is -2.56. The van der Waals surface area contributed by atoms with E-state index in [-0.39, 0.29) is 17.5 Å². The summed E-state index contributed by atoms with van der Waals surface area (Å²) in [6, 6.07) is 20.0. The molecule has 1 N–H and O–H groups in total. The van der Waals surface area contributed by atoms with E-state index >= 15 is 0 Å². The van der Waals surface area contributed by atoms with Gasteiger partial charge in [-0.25, -0.2) is 12.8 Å². The molecule has 1 spiro atoms. The van der Waals surface area contributed by atoms with Crippen molar-refractivity contribution in [1.29, 1.82) is 0 Å². The van der Waals surface area contributed by atoms with Crippen molar-refractivity contribution in [3.63, 3.8) is 0 Å². The SMILES string of the molecule is CCc1ccccc1-c1cc(CN2CC[C@]3(CCS(=O)(=O)N3c3cccc(F)c3)C[C@@H]2C)ccc1O. The zero-order chi connectivity index (χ0) is 25.5. The molecule has 0 aliphatic carbocycles. The first-order valence-electron chi connectivity index (χ1n) is 12.7. The van der Waals surface area contributed by atoms with E-state index < -0.39 is 21.4 Å². The third-order valence-corrected chi connectivity index (χ3v) is 9.75. The van der Waals surface area contributed by atoms with Gasteiger partial charge in [0.25, 0.3) is 0 Å². The predicted molar refractivity (Wildman–Crippen MR) is 142 cm³/mol. The summed E-state index contributed by atoms with van der Waals surface area (Å²) in [7, 11) is -3.49. The molecule has 5 rings (SSSR count). The minimum Gasteiger partial charge on any atom is -0.507 e. The van der Waals surface area contributed by atoms with Crippen LogP contribution in [0.1, 0.15) is 44.2 Å². The van der Waals surface area contributed by atoms with E-state index in [4.69, 9.17) is 0 Å². The smallest absolute Gasteiger partial charge is 0.235 e. The number of nitrogens with zero attached hydrogens (tertiary/aromatic N) is 2. The van der Waals surface area contributed by atoms with E-state index in [0.29, 0.717) is 31.5 Å². The molecule has 3 aromatic rings. The Morgan fingerprint density at radius 1 is 1.03 bits per heavy atom. The number of hydrogen-bond donors (Lipinski definition) is 1. The fraction of sp³-hybridized carbons (Fsp3) is 0.379. The topological polar surface area (TPSA) is 60.9 Å². The highest BCUT2D eigenvalue weighted by molar-refractivity contribution is 7.93. The lowest BCUT2D eigenvalue weighted by molar-refractivity contribution is 0.102. The van der Waals surface area contributed by atoms with E-state index in [9.17, 15) is 17.9 Å². The average molecular weight is 509 g/mol. The van der Waals surface area contributed by atoms with Crippen LogP contribution >= 0.6 is 0 Å². The highest BCUT2D eigenvalue weighted by atomic mass is 32.2. The molecule has 7 heteroatoms. The first-order chi connectivity index (χ1) is 17.2. The van der Waals surface area contributed by atoms with Crippen LogP contribution in [0.4, 0.5) is 10.1 Å². The van der Waals surface area contributed by atoms with Crippen LogP contribution in [0, 0.1) is 5.82 Å². The van der Waals surface area contributed by atoms with Crippen LogP contribution in [0.15, 0.2) is 66.7 Å². The molecule has 0 unspecified atom stereocenters. The largest absolute Gasteiger partial charge is 0.507 e. The van der Waals surface area contributed by atoms with Gasteiger partial charge in [-0.1, -0.05) is 43.3 Å². The molecule has 2 fully saturated rings. The zero-order valence-corrected chi connectivity index (χ0v) is 21.6. The number of phenolic OH excluding ortho intramolecular Hbond substituents is 1. The maximum atomic E-state index is 14.0.